The van der Waals surface area contributed by atoms with E-state index in [0.717, 1.165) is 25.7 Å². The molecule has 1 fully saturated rings. The van der Waals surface area contributed by atoms with Crippen LogP contribution in [-0.2, 0) is 14.3 Å². The Morgan fingerprint density at radius 3 is 2.50 bits per heavy atom. The molecule has 0 aromatic heterocycles. The summed E-state index contributed by atoms with van der Waals surface area (Å²) in [6.45, 7) is 2.11. The average Bonchev–Trinajstić information content (AvgIpc) is 2.41. The lowest BCUT2D eigenvalue weighted by Gasteiger charge is -2.10. The van der Waals surface area contributed by atoms with E-state index in [4.69, 9.17) is 4.74 Å². The van der Waals surface area contributed by atoms with Gasteiger partial charge in [0.25, 0.3) is 5.78 Å². The molecule has 1 N–H and O–H groups in total. The number of esters is 1. The van der Waals surface area contributed by atoms with Crippen molar-refractivity contribution in [3.05, 3.63) is 0 Å². The Hall–Kier alpha value is -0.900. The van der Waals surface area contributed by atoms with Crippen molar-refractivity contribution in [2.24, 2.45) is 0 Å². The van der Waals surface area contributed by atoms with E-state index in [-0.39, 0.29) is 0 Å². The van der Waals surface area contributed by atoms with Gasteiger partial charge in [-0.15, -0.1) is 0 Å². The molecule has 0 spiro atoms. The quantitative estimate of drug-likeness (QED) is 0.405. The fourth-order valence-electron chi connectivity index (χ4n) is 1.54. The number of aliphatic hydroxyl groups is 1. The summed E-state index contributed by atoms with van der Waals surface area (Å²) in [7, 11) is 0. The van der Waals surface area contributed by atoms with Gasteiger partial charge in [0.1, 0.15) is 6.10 Å². The molecule has 1 aliphatic rings. The first-order chi connectivity index (χ1) is 6.66. The van der Waals surface area contributed by atoms with Gasteiger partial charge in [-0.3, -0.25) is 4.79 Å². The van der Waals surface area contributed by atoms with Crippen molar-refractivity contribution in [1.82, 2.24) is 0 Å². The second kappa shape index (κ2) is 5.10. The molecule has 2 atom stereocenters. The number of aliphatic hydroxyl groups excluding tert-OH is 1. The van der Waals surface area contributed by atoms with Gasteiger partial charge in [0.15, 0.2) is 6.10 Å². The van der Waals surface area contributed by atoms with E-state index in [2.05, 4.69) is 6.92 Å². The van der Waals surface area contributed by atoms with Crippen molar-refractivity contribution < 1.29 is 19.4 Å². The van der Waals surface area contributed by atoms with Crippen LogP contribution in [0.3, 0.4) is 0 Å². The van der Waals surface area contributed by atoms with Crippen LogP contribution in [0.4, 0.5) is 0 Å². The zero-order valence-corrected chi connectivity index (χ0v) is 8.36. The molecular weight excluding hydrogens is 184 g/mol. The first-order valence-electron chi connectivity index (χ1n) is 5.09. The van der Waals surface area contributed by atoms with Crippen LogP contribution >= 0.6 is 0 Å². The summed E-state index contributed by atoms with van der Waals surface area (Å²) in [4.78, 5) is 21.6. The van der Waals surface area contributed by atoms with Gasteiger partial charge in [-0.1, -0.05) is 26.2 Å². The second-order valence-electron chi connectivity index (χ2n) is 3.60. The van der Waals surface area contributed by atoms with Gasteiger partial charge in [-0.25, -0.2) is 4.79 Å². The van der Waals surface area contributed by atoms with Crippen LogP contribution < -0.4 is 0 Å². The Morgan fingerprint density at radius 2 is 2.00 bits per heavy atom. The average molecular weight is 200 g/mol. The Labute approximate surface area is 83.2 Å². The number of hydrogen-bond acceptors (Lipinski definition) is 4. The zero-order chi connectivity index (χ0) is 10.6. The van der Waals surface area contributed by atoms with E-state index in [1.54, 1.807) is 0 Å². The fraction of sp³-hybridized carbons (Fsp3) is 0.800. The van der Waals surface area contributed by atoms with Gasteiger partial charge in [0.05, 0.1) is 0 Å². The molecule has 80 valence electrons. The maximum absolute atomic E-state index is 10.9. The van der Waals surface area contributed by atoms with Crippen molar-refractivity contribution >= 4 is 11.8 Å². The molecule has 1 unspecified atom stereocenters. The number of carbonyl (C=O) groups excluding carboxylic acids is 2. The molecule has 0 amide bonds. The van der Waals surface area contributed by atoms with Crippen LogP contribution in [0.1, 0.15) is 39.0 Å². The lowest BCUT2D eigenvalue weighted by atomic mass is 10.0. The third-order valence-corrected chi connectivity index (χ3v) is 2.42. The summed E-state index contributed by atoms with van der Waals surface area (Å²) in [5, 5.41) is 9.29. The molecule has 1 aliphatic heterocycles. The van der Waals surface area contributed by atoms with E-state index < -0.39 is 24.0 Å². The zero-order valence-electron chi connectivity index (χ0n) is 8.36. The molecule has 0 radical (unpaired) electrons. The maximum atomic E-state index is 10.9. The maximum Gasteiger partial charge on any atom is 0.377 e. The van der Waals surface area contributed by atoms with E-state index in [1.165, 1.54) is 0 Å². The number of unbranched alkanes of at least 4 members (excludes halogenated alkanes) is 3. The molecule has 0 bridgehead atoms. The van der Waals surface area contributed by atoms with Crippen LogP contribution in [0.5, 0.6) is 0 Å². The third-order valence-electron chi connectivity index (χ3n) is 2.42. The number of carbonyl (C=O) groups is 2. The van der Waals surface area contributed by atoms with E-state index >= 15 is 0 Å². The number of hydrogen-bond donors (Lipinski definition) is 1. The van der Waals surface area contributed by atoms with Crippen molar-refractivity contribution in [3.63, 3.8) is 0 Å². The minimum atomic E-state index is -1.23. The van der Waals surface area contributed by atoms with Crippen LogP contribution in [-0.4, -0.2) is 29.1 Å². The van der Waals surface area contributed by atoms with E-state index in [1.807, 2.05) is 0 Å². The fourth-order valence-corrected chi connectivity index (χ4v) is 1.54. The molecule has 1 rings (SSSR count). The molecule has 1 heterocycles. The van der Waals surface area contributed by atoms with Crippen molar-refractivity contribution in [2.75, 3.05) is 0 Å². The van der Waals surface area contributed by atoms with Gasteiger partial charge in [-0.05, 0) is 12.8 Å². The monoisotopic (exact) mass is 200 g/mol. The standard InChI is InChI=1S/C10H16O4/c1-2-3-4-5-6-7-8(11)9(12)10(13)14-7/h7-8,11H,2-6H2,1H3/t7-,8?/m1/s1. The predicted octanol–water partition coefficient (Wildman–Crippen LogP) is 0.812. The minimum Gasteiger partial charge on any atom is -0.453 e. The van der Waals surface area contributed by atoms with Crippen molar-refractivity contribution in [3.8, 4) is 0 Å². The highest BCUT2D eigenvalue weighted by Crippen LogP contribution is 2.18. The predicted molar refractivity (Wildman–Crippen MR) is 49.7 cm³/mol. The van der Waals surface area contributed by atoms with Crippen LogP contribution in [0.15, 0.2) is 0 Å². The SMILES string of the molecule is CCCCCC[C@H]1OC(=O)C(=O)C1O. The molecule has 0 aromatic rings. The highest BCUT2D eigenvalue weighted by Gasteiger charge is 2.41. The molecular formula is C10H16O4. The number of Topliss-reactive ketones (excluding diaryl/α,β-unsaturated/α-hetero) is 1. The summed E-state index contributed by atoms with van der Waals surface area (Å²) in [5.41, 5.74) is 0. The summed E-state index contributed by atoms with van der Waals surface area (Å²) in [5.74, 6) is -1.69. The number of rotatable bonds is 5. The minimum absolute atomic E-state index is 0.582. The van der Waals surface area contributed by atoms with Crippen LogP contribution in [0.25, 0.3) is 0 Å². The van der Waals surface area contributed by atoms with Gasteiger partial charge >= 0.3 is 5.97 Å². The second-order valence-corrected chi connectivity index (χ2v) is 3.60. The molecule has 0 aromatic carbocycles. The number of cyclic esters (lactones) is 1. The normalized spacial score (nSPS) is 26.7. The van der Waals surface area contributed by atoms with Crippen LogP contribution in [0.2, 0.25) is 0 Å². The molecule has 14 heavy (non-hydrogen) atoms. The lowest BCUT2D eigenvalue weighted by Crippen LogP contribution is -2.26. The van der Waals surface area contributed by atoms with Gasteiger partial charge in [0, 0.05) is 0 Å². The molecule has 0 aliphatic carbocycles. The largest absolute Gasteiger partial charge is 0.453 e. The summed E-state index contributed by atoms with van der Waals surface area (Å²) >= 11 is 0. The molecule has 4 heteroatoms. The van der Waals surface area contributed by atoms with E-state index in [0.29, 0.717) is 6.42 Å². The smallest absolute Gasteiger partial charge is 0.377 e. The Balaban J connectivity index is 2.26. The Kier molecular flexibility index (Phi) is 4.07. The number of ether oxygens (including phenoxy) is 1. The molecule has 0 saturated carbocycles. The summed E-state index contributed by atoms with van der Waals surface area (Å²) in [6.07, 6.45) is 2.94. The highest BCUT2D eigenvalue weighted by atomic mass is 16.6. The van der Waals surface area contributed by atoms with Crippen LogP contribution in [0, 0.1) is 0 Å². The van der Waals surface area contributed by atoms with Crippen molar-refractivity contribution in [1.29, 1.82) is 0 Å². The van der Waals surface area contributed by atoms with Gasteiger partial charge < -0.3 is 9.84 Å². The lowest BCUT2D eigenvalue weighted by molar-refractivity contribution is -0.149. The first-order valence-corrected chi connectivity index (χ1v) is 5.09. The number of ketones is 1. The third kappa shape index (κ3) is 2.54. The topological polar surface area (TPSA) is 63.6 Å². The van der Waals surface area contributed by atoms with Gasteiger partial charge in [-0.2, -0.15) is 0 Å². The summed E-state index contributed by atoms with van der Waals surface area (Å²) < 4.78 is 4.73. The molecule has 4 nitrogen and oxygen atoms in total. The first kappa shape index (κ1) is 11.2. The summed E-state index contributed by atoms with van der Waals surface area (Å²) in [6, 6.07) is 0. The van der Waals surface area contributed by atoms with Crippen molar-refractivity contribution in [2.45, 2.75) is 51.2 Å². The van der Waals surface area contributed by atoms with Gasteiger partial charge in [0.2, 0.25) is 0 Å². The van der Waals surface area contributed by atoms with E-state index in [9.17, 15) is 14.7 Å². The Bertz CT molecular complexity index is 224. The Morgan fingerprint density at radius 1 is 1.29 bits per heavy atom. The molecule has 1 saturated heterocycles. The highest BCUT2D eigenvalue weighted by molar-refractivity contribution is 6.37.